The molecule has 1 saturated heterocycles. The molecular weight excluding hydrogens is 208 g/mol. The van der Waals surface area contributed by atoms with Crippen molar-refractivity contribution in [3.05, 3.63) is 11.6 Å². The molecule has 1 N–H and O–H groups in total. The average molecular weight is 236 g/mol. The lowest BCUT2D eigenvalue weighted by atomic mass is 9.83. The highest BCUT2D eigenvalue weighted by Gasteiger charge is 2.22. The Morgan fingerprint density at radius 1 is 1.41 bits per heavy atom. The Morgan fingerprint density at radius 2 is 2.24 bits per heavy atom. The normalized spacial score (nSPS) is 27.2. The molecule has 1 unspecified atom stereocenters. The lowest BCUT2D eigenvalue weighted by molar-refractivity contribution is 0.260. The van der Waals surface area contributed by atoms with Crippen LogP contribution in [0.2, 0.25) is 0 Å². The van der Waals surface area contributed by atoms with Crippen LogP contribution in [0.3, 0.4) is 0 Å². The van der Waals surface area contributed by atoms with E-state index in [0.717, 1.165) is 5.92 Å². The Hall–Kier alpha value is -0.340. The van der Waals surface area contributed by atoms with Gasteiger partial charge in [0.2, 0.25) is 0 Å². The topological polar surface area (TPSA) is 15.3 Å². The van der Waals surface area contributed by atoms with Gasteiger partial charge in [-0.25, -0.2) is 0 Å². The molecule has 2 nitrogen and oxygen atoms in total. The molecule has 0 bridgehead atoms. The van der Waals surface area contributed by atoms with Gasteiger partial charge in [0.05, 0.1) is 0 Å². The van der Waals surface area contributed by atoms with Crippen LogP contribution in [0, 0.1) is 11.3 Å². The van der Waals surface area contributed by atoms with Gasteiger partial charge in [-0.3, -0.25) is 4.90 Å². The number of nitrogens with zero attached hydrogens (tertiary/aromatic N) is 1. The summed E-state index contributed by atoms with van der Waals surface area (Å²) in [4.78, 5) is 2.62. The van der Waals surface area contributed by atoms with Crippen molar-refractivity contribution in [2.75, 3.05) is 32.7 Å². The molecule has 0 aromatic rings. The number of rotatable bonds is 3. The van der Waals surface area contributed by atoms with E-state index in [1.54, 1.807) is 5.57 Å². The number of hydrogen-bond acceptors (Lipinski definition) is 2. The van der Waals surface area contributed by atoms with E-state index in [9.17, 15) is 0 Å². The first kappa shape index (κ1) is 13.1. The summed E-state index contributed by atoms with van der Waals surface area (Å²) in [5.41, 5.74) is 2.03. The van der Waals surface area contributed by atoms with Crippen molar-refractivity contribution >= 4 is 0 Å². The highest BCUT2D eigenvalue weighted by molar-refractivity contribution is 5.14. The predicted octanol–water partition coefficient (Wildman–Crippen LogP) is 2.66. The van der Waals surface area contributed by atoms with E-state index in [2.05, 4.69) is 37.1 Å². The van der Waals surface area contributed by atoms with Crippen LogP contribution in [0.25, 0.3) is 0 Å². The minimum absolute atomic E-state index is 0.376. The van der Waals surface area contributed by atoms with Crippen molar-refractivity contribution in [3.8, 4) is 0 Å². The quantitative estimate of drug-likeness (QED) is 0.758. The van der Waals surface area contributed by atoms with Gasteiger partial charge in [-0.2, -0.15) is 0 Å². The Balaban J connectivity index is 1.73. The van der Waals surface area contributed by atoms with Crippen LogP contribution in [0.5, 0.6) is 0 Å². The predicted molar refractivity (Wildman–Crippen MR) is 74.2 cm³/mol. The summed E-state index contributed by atoms with van der Waals surface area (Å²) in [6.45, 7) is 13.2. The summed E-state index contributed by atoms with van der Waals surface area (Å²) in [5, 5.41) is 3.46. The highest BCUT2D eigenvalue weighted by Crippen LogP contribution is 2.30. The van der Waals surface area contributed by atoms with Gasteiger partial charge in [-0.15, -0.1) is 0 Å². The third-order valence-electron chi connectivity index (χ3n) is 4.27. The van der Waals surface area contributed by atoms with Crippen molar-refractivity contribution in [3.63, 3.8) is 0 Å². The van der Waals surface area contributed by atoms with E-state index >= 15 is 0 Å². The molecule has 98 valence electrons. The maximum absolute atomic E-state index is 3.46. The molecule has 0 amide bonds. The van der Waals surface area contributed by atoms with Crippen LogP contribution in [-0.2, 0) is 0 Å². The molecule has 2 aliphatic heterocycles. The molecule has 0 aromatic heterocycles. The van der Waals surface area contributed by atoms with Crippen molar-refractivity contribution < 1.29 is 0 Å². The summed E-state index contributed by atoms with van der Waals surface area (Å²) < 4.78 is 0. The van der Waals surface area contributed by atoms with Crippen molar-refractivity contribution in [2.45, 2.75) is 40.0 Å². The maximum atomic E-state index is 3.46. The lowest BCUT2D eigenvalue weighted by Gasteiger charge is -2.32. The van der Waals surface area contributed by atoms with Gasteiger partial charge in [0.1, 0.15) is 0 Å². The lowest BCUT2D eigenvalue weighted by Crippen LogP contribution is -2.33. The molecule has 1 atom stereocenters. The summed E-state index contributed by atoms with van der Waals surface area (Å²) in [6, 6.07) is 0. The van der Waals surface area contributed by atoms with Crippen molar-refractivity contribution in [2.24, 2.45) is 11.3 Å². The van der Waals surface area contributed by atoms with Gasteiger partial charge < -0.3 is 5.32 Å². The second-order valence-electron chi connectivity index (χ2n) is 6.68. The molecule has 0 spiro atoms. The molecule has 0 aliphatic carbocycles. The van der Waals surface area contributed by atoms with Gasteiger partial charge in [0, 0.05) is 13.1 Å². The summed E-state index contributed by atoms with van der Waals surface area (Å²) in [5.74, 6) is 0.933. The van der Waals surface area contributed by atoms with E-state index in [-0.39, 0.29) is 0 Å². The second-order valence-corrected chi connectivity index (χ2v) is 6.68. The third-order valence-corrected chi connectivity index (χ3v) is 4.27. The molecule has 2 heterocycles. The molecule has 0 aromatic carbocycles. The largest absolute Gasteiger partial charge is 0.316 e. The highest BCUT2D eigenvalue weighted by atomic mass is 15.1. The molecule has 2 heteroatoms. The summed E-state index contributed by atoms with van der Waals surface area (Å²) in [7, 11) is 0. The monoisotopic (exact) mass is 236 g/mol. The van der Waals surface area contributed by atoms with E-state index in [1.165, 1.54) is 52.0 Å². The SMILES string of the molecule is CC(C)(C)C1=CCN(CCC2CCNC2)CC1. The second kappa shape index (κ2) is 5.53. The minimum Gasteiger partial charge on any atom is -0.316 e. The number of hydrogen-bond donors (Lipinski definition) is 1. The molecule has 0 radical (unpaired) electrons. The van der Waals surface area contributed by atoms with Crippen molar-refractivity contribution in [1.82, 2.24) is 10.2 Å². The Bertz CT molecular complexity index is 269. The summed E-state index contributed by atoms with van der Waals surface area (Å²) in [6.07, 6.45) is 6.51. The summed E-state index contributed by atoms with van der Waals surface area (Å²) >= 11 is 0. The minimum atomic E-state index is 0.376. The first-order chi connectivity index (χ1) is 8.05. The standard InChI is InChI=1S/C15H28N2/c1-15(2,3)14-6-10-17(11-7-14)9-5-13-4-8-16-12-13/h6,13,16H,4-5,7-12H2,1-3H3. The van der Waals surface area contributed by atoms with Crippen LogP contribution in [-0.4, -0.2) is 37.6 Å². The zero-order chi connectivity index (χ0) is 12.3. The Morgan fingerprint density at radius 3 is 2.76 bits per heavy atom. The van der Waals surface area contributed by atoms with Crippen LogP contribution in [0.15, 0.2) is 11.6 Å². The molecule has 0 saturated carbocycles. The van der Waals surface area contributed by atoms with Crippen LogP contribution in [0.1, 0.15) is 40.0 Å². The zero-order valence-corrected chi connectivity index (χ0v) is 11.8. The van der Waals surface area contributed by atoms with Crippen LogP contribution < -0.4 is 5.32 Å². The van der Waals surface area contributed by atoms with Gasteiger partial charge in [-0.05, 0) is 50.2 Å². The van der Waals surface area contributed by atoms with Crippen molar-refractivity contribution in [1.29, 1.82) is 0 Å². The fourth-order valence-corrected chi connectivity index (χ4v) is 2.92. The van der Waals surface area contributed by atoms with E-state index < -0.39 is 0 Å². The van der Waals surface area contributed by atoms with Gasteiger partial charge >= 0.3 is 0 Å². The third kappa shape index (κ3) is 3.82. The van der Waals surface area contributed by atoms with Gasteiger partial charge in [-0.1, -0.05) is 32.4 Å². The molecule has 2 aliphatic rings. The van der Waals surface area contributed by atoms with Gasteiger partial charge in [0.15, 0.2) is 0 Å². The van der Waals surface area contributed by atoms with E-state index in [1.807, 2.05) is 0 Å². The van der Waals surface area contributed by atoms with E-state index in [4.69, 9.17) is 0 Å². The Labute approximate surface area is 106 Å². The average Bonchev–Trinajstić information content (AvgIpc) is 2.78. The smallest absolute Gasteiger partial charge is 0.0166 e. The fraction of sp³-hybridized carbons (Fsp3) is 0.867. The maximum Gasteiger partial charge on any atom is 0.0166 e. The van der Waals surface area contributed by atoms with Crippen LogP contribution >= 0.6 is 0 Å². The van der Waals surface area contributed by atoms with Crippen LogP contribution in [0.4, 0.5) is 0 Å². The van der Waals surface area contributed by atoms with E-state index in [0.29, 0.717) is 5.41 Å². The zero-order valence-electron chi connectivity index (χ0n) is 11.8. The molecule has 1 fully saturated rings. The first-order valence-electron chi connectivity index (χ1n) is 7.18. The molecule has 2 rings (SSSR count). The van der Waals surface area contributed by atoms with Gasteiger partial charge in [0.25, 0.3) is 0 Å². The molecule has 17 heavy (non-hydrogen) atoms. The first-order valence-corrected chi connectivity index (χ1v) is 7.18. The number of nitrogens with one attached hydrogen (secondary N) is 1. The fourth-order valence-electron chi connectivity index (χ4n) is 2.92. The molecular formula is C15H28N2. The Kier molecular flexibility index (Phi) is 4.26.